The van der Waals surface area contributed by atoms with Crippen molar-refractivity contribution in [2.75, 3.05) is 26.9 Å². The minimum absolute atomic E-state index is 0.204. The molecule has 13 heavy (non-hydrogen) atoms. The third kappa shape index (κ3) is 9.30. The molecule has 0 amide bonds. The van der Waals surface area contributed by atoms with Gasteiger partial charge in [-0.15, -0.1) is 0 Å². The zero-order chi connectivity index (χ0) is 10.1. The van der Waals surface area contributed by atoms with Crippen molar-refractivity contribution in [1.29, 1.82) is 0 Å². The Hall–Kier alpha value is -0.610. The molecule has 0 saturated carbocycles. The van der Waals surface area contributed by atoms with Gasteiger partial charge < -0.3 is 14.8 Å². The van der Waals surface area contributed by atoms with E-state index in [0.717, 1.165) is 6.42 Å². The van der Waals surface area contributed by atoms with Gasteiger partial charge in [0.05, 0.1) is 13.2 Å². The number of methoxy groups -OCH3 is 1. The maximum atomic E-state index is 11.0. The highest BCUT2D eigenvalue weighted by molar-refractivity contribution is 5.71. The van der Waals surface area contributed by atoms with Crippen LogP contribution in [0.25, 0.3) is 0 Å². The summed E-state index contributed by atoms with van der Waals surface area (Å²) in [6.07, 6.45) is 0.754. The molecule has 0 aromatic carbocycles. The summed E-state index contributed by atoms with van der Waals surface area (Å²) in [5, 5.41) is 2.98. The Morgan fingerprint density at radius 3 is 2.62 bits per heavy atom. The fourth-order valence-electron chi connectivity index (χ4n) is 0.728. The van der Waals surface area contributed by atoms with Gasteiger partial charge in [0, 0.05) is 26.2 Å². The summed E-state index contributed by atoms with van der Waals surface area (Å²) in [5.74, 6) is -0.204. The van der Waals surface area contributed by atoms with Crippen LogP contribution in [0.2, 0.25) is 0 Å². The van der Waals surface area contributed by atoms with Crippen LogP contribution in [-0.4, -0.2) is 38.9 Å². The molecule has 0 spiro atoms. The van der Waals surface area contributed by atoms with Gasteiger partial charge in [0.2, 0.25) is 0 Å². The second-order valence-electron chi connectivity index (χ2n) is 3.10. The molecule has 0 rings (SSSR count). The van der Waals surface area contributed by atoms with Crippen molar-refractivity contribution in [2.45, 2.75) is 26.3 Å². The molecule has 78 valence electrons. The molecule has 0 aliphatic rings. The summed E-state index contributed by atoms with van der Waals surface area (Å²) in [6.45, 7) is 5.32. The van der Waals surface area contributed by atoms with Gasteiger partial charge in [0.1, 0.15) is 0 Å². The molecule has 4 heteroatoms. The third-order valence-electron chi connectivity index (χ3n) is 1.41. The standard InChI is InChI=1S/C9H19NO3/c1-8(2)10-7-9(11)13-6-4-5-12-3/h8,10H,4-7H2,1-3H3. The highest BCUT2D eigenvalue weighted by Crippen LogP contribution is 1.85. The molecular formula is C9H19NO3. The summed E-state index contributed by atoms with van der Waals surface area (Å²) < 4.78 is 9.73. The van der Waals surface area contributed by atoms with E-state index in [1.807, 2.05) is 13.8 Å². The van der Waals surface area contributed by atoms with Crippen LogP contribution in [0.15, 0.2) is 0 Å². The first-order chi connectivity index (χ1) is 6.16. The molecule has 0 heterocycles. The second kappa shape index (κ2) is 8.01. The smallest absolute Gasteiger partial charge is 0.319 e. The van der Waals surface area contributed by atoms with Crippen molar-refractivity contribution in [2.24, 2.45) is 0 Å². The van der Waals surface area contributed by atoms with E-state index in [-0.39, 0.29) is 12.5 Å². The fraction of sp³-hybridized carbons (Fsp3) is 0.889. The van der Waals surface area contributed by atoms with Crippen LogP contribution in [0.4, 0.5) is 0 Å². The highest BCUT2D eigenvalue weighted by Gasteiger charge is 2.02. The molecule has 0 aromatic heterocycles. The molecule has 0 atom stereocenters. The van der Waals surface area contributed by atoms with Gasteiger partial charge in [-0.25, -0.2) is 0 Å². The van der Waals surface area contributed by atoms with Crippen molar-refractivity contribution in [3.63, 3.8) is 0 Å². The molecule has 0 aliphatic heterocycles. The molecule has 0 fully saturated rings. The van der Waals surface area contributed by atoms with Crippen molar-refractivity contribution < 1.29 is 14.3 Å². The molecule has 0 aromatic rings. The Labute approximate surface area is 79.6 Å². The SMILES string of the molecule is COCCCOC(=O)CNC(C)C. The van der Waals surface area contributed by atoms with Crippen LogP contribution in [0, 0.1) is 0 Å². The van der Waals surface area contributed by atoms with E-state index >= 15 is 0 Å². The Bertz CT molecular complexity index is 137. The number of hydrogen-bond donors (Lipinski definition) is 1. The predicted octanol–water partition coefficient (Wildman–Crippen LogP) is 0.564. The molecule has 4 nitrogen and oxygen atoms in total. The Kier molecular flexibility index (Phi) is 7.63. The first kappa shape index (κ1) is 12.4. The summed E-state index contributed by atoms with van der Waals surface area (Å²) in [5.41, 5.74) is 0. The zero-order valence-corrected chi connectivity index (χ0v) is 8.63. The number of carbonyl (C=O) groups is 1. The minimum atomic E-state index is -0.204. The normalized spacial score (nSPS) is 10.5. The van der Waals surface area contributed by atoms with E-state index in [4.69, 9.17) is 9.47 Å². The summed E-state index contributed by atoms with van der Waals surface area (Å²) in [6, 6.07) is 0.312. The molecule has 0 unspecified atom stereocenters. The van der Waals surface area contributed by atoms with E-state index in [9.17, 15) is 4.79 Å². The zero-order valence-electron chi connectivity index (χ0n) is 8.63. The maximum Gasteiger partial charge on any atom is 0.319 e. The van der Waals surface area contributed by atoms with Crippen molar-refractivity contribution in [3.8, 4) is 0 Å². The van der Waals surface area contributed by atoms with Gasteiger partial charge in [0.25, 0.3) is 0 Å². The highest BCUT2D eigenvalue weighted by atomic mass is 16.5. The predicted molar refractivity (Wildman–Crippen MR) is 50.6 cm³/mol. The lowest BCUT2D eigenvalue weighted by Crippen LogP contribution is -2.30. The Morgan fingerprint density at radius 2 is 2.08 bits per heavy atom. The van der Waals surface area contributed by atoms with E-state index in [1.165, 1.54) is 0 Å². The van der Waals surface area contributed by atoms with Gasteiger partial charge in [-0.3, -0.25) is 4.79 Å². The van der Waals surface area contributed by atoms with Crippen LogP contribution < -0.4 is 5.32 Å². The van der Waals surface area contributed by atoms with E-state index in [1.54, 1.807) is 7.11 Å². The van der Waals surface area contributed by atoms with Crippen molar-refractivity contribution >= 4 is 5.97 Å². The van der Waals surface area contributed by atoms with E-state index < -0.39 is 0 Å². The third-order valence-corrected chi connectivity index (χ3v) is 1.41. The van der Waals surface area contributed by atoms with Gasteiger partial charge in [-0.2, -0.15) is 0 Å². The summed E-state index contributed by atoms with van der Waals surface area (Å²) in [4.78, 5) is 11.0. The fourth-order valence-corrected chi connectivity index (χ4v) is 0.728. The lowest BCUT2D eigenvalue weighted by molar-refractivity contribution is -0.143. The van der Waals surface area contributed by atoms with Gasteiger partial charge in [-0.05, 0) is 0 Å². The van der Waals surface area contributed by atoms with Crippen LogP contribution in [0.1, 0.15) is 20.3 Å². The minimum Gasteiger partial charge on any atom is -0.465 e. The lowest BCUT2D eigenvalue weighted by atomic mass is 10.4. The lowest BCUT2D eigenvalue weighted by Gasteiger charge is -2.07. The van der Waals surface area contributed by atoms with Crippen LogP contribution in [0.5, 0.6) is 0 Å². The molecule has 0 radical (unpaired) electrons. The molecular weight excluding hydrogens is 170 g/mol. The molecule has 1 N–H and O–H groups in total. The van der Waals surface area contributed by atoms with Gasteiger partial charge in [-0.1, -0.05) is 13.8 Å². The monoisotopic (exact) mass is 189 g/mol. The second-order valence-corrected chi connectivity index (χ2v) is 3.10. The molecule has 0 aliphatic carbocycles. The number of nitrogens with one attached hydrogen (secondary N) is 1. The van der Waals surface area contributed by atoms with Gasteiger partial charge >= 0.3 is 5.97 Å². The average Bonchev–Trinajstić information content (AvgIpc) is 2.09. The molecule has 0 bridgehead atoms. The largest absolute Gasteiger partial charge is 0.465 e. The van der Waals surface area contributed by atoms with Crippen molar-refractivity contribution in [3.05, 3.63) is 0 Å². The van der Waals surface area contributed by atoms with Crippen LogP contribution in [0.3, 0.4) is 0 Å². The molecule has 0 saturated heterocycles. The number of esters is 1. The Balaban J connectivity index is 3.20. The Morgan fingerprint density at radius 1 is 1.38 bits per heavy atom. The van der Waals surface area contributed by atoms with E-state index in [0.29, 0.717) is 19.3 Å². The topological polar surface area (TPSA) is 47.6 Å². The van der Waals surface area contributed by atoms with Crippen LogP contribution in [-0.2, 0) is 14.3 Å². The van der Waals surface area contributed by atoms with Crippen LogP contribution >= 0.6 is 0 Å². The average molecular weight is 189 g/mol. The maximum absolute atomic E-state index is 11.0. The first-order valence-corrected chi connectivity index (χ1v) is 4.54. The number of hydrogen-bond acceptors (Lipinski definition) is 4. The van der Waals surface area contributed by atoms with Crippen molar-refractivity contribution in [1.82, 2.24) is 5.32 Å². The van der Waals surface area contributed by atoms with Gasteiger partial charge in [0.15, 0.2) is 0 Å². The summed E-state index contributed by atoms with van der Waals surface area (Å²) in [7, 11) is 1.63. The quantitative estimate of drug-likeness (QED) is 0.469. The summed E-state index contributed by atoms with van der Waals surface area (Å²) >= 11 is 0. The number of ether oxygens (including phenoxy) is 2. The number of carbonyl (C=O) groups excluding carboxylic acids is 1. The first-order valence-electron chi connectivity index (χ1n) is 4.54. The number of rotatable bonds is 7. The van der Waals surface area contributed by atoms with E-state index in [2.05, 4.69) is 5.32 Å².